The van der Waals surface area contributed by atoms with E-state index < -0.39 is 0 Å². The second-order valence-electron chi connectivity index (χ2n) is 8.70. The van der Waals surface area contributed by atoms with Gasteiger partial charge in [-0.1, -0.05) is 64.3 Å². The quantitative estimate of drug-likeness (QED) is 0.849. The molecular weight excluding hydrogens is 332 g/mol. The Morgan fingerprint density at radius 3 is 2.20 bits per heavy atom. The van der Waals surface area contributed by atoms with Gasteiger partial charge >= 0.3 is 0 Å². The van der Waals surface area contributed by atoms with E-state index in [4.69, 9.17) is 0 Å². The van der Waals surface area contributed by atoms with Crippen molar-refractivity contribution in [2.45, 2.75) is 63.7 Å². The van der Waals surface area contributed by atoms with Gasteiger partial charge in [0.25, 0.3) is 0 Å². The molecular formula is C21H33ClN2O. The molecule has 140 valence electrons. The first kappa shape index (κ1) is 20.3. The summed E-state index contributed by atoms with van der Waals surface area (Å²) in [6, 6.07) is 8.84. The summed E-state index contributed by atoms with van der Waals surface area (Å²) in [6.07, 6.45) is 5.52. The minimum absolute atomic E-state index is 0. The van der Waals surface area contributed by atoms with Gasteiger partial charge in [0, 0.05) is 25.6 Å². The van der Waals surface area contributed by atoms with Gasteiger partial charge in [-0.25, -0.2) is 0 Å². The molecule has 0 atom stereocenters. The molecule has 4 heteroatoms. The van der Waals surface area contributed by atoms with Crippen molar-refractivity contribution in [2.24, 2.45) is 5.92 Å². The van der Waals surface area contributed by atoms with Gasteiger partial charge in [0.15, 0.2) is 0 Å². The van der Waals surface area contributed by atoms with E-state index in [0.717, 1.165) is 45.3 Å². The summed E-state index contributed by atoms with van der Waals surface area (Å²) in [5.74, 6) is 0.857. The lowest BCUT2D eigenvalue weighted by Gasteiger charge is -2.38. The Labute approximate surface area is 158 Å². The summed E-state index contributed by atoms with van der Waals surface area (Å²) in [6.45, 7) is 9.59. The summed E-state index contributed by atoms with van der Waals surface area (Å²) in [7, 11) is 0. The average molecular weight is 365 g/mol. The van der Waals surface area contributed by atoms with Crippen LogP contribution in [0.25, 0.3) is 0 Å². The molecule has 2 N–H and O–H groups in total. The van der Waals surface area contributed by atoms with E-state index in [0.29, 0.717) is 5.92 Å². The largest absolute Gasteiger partial charge is 0.355 e. The van der Waals surface area contributed by atoms with E-state index >= 15 is 0 Å². The molecule has 0 bridgehead atoms. The predicted octanol–water partition coefficient (Wildman–Crippen LogP) is 3.94. The lowest BCUT2D eigenvalue weighted by molar-refractivity contribution is -0.128. The zero-order valence-corrected chi connectivity index (χ0v) is 16.7. The zero-order chi connectivity index (χ0) is 17.2. The highest BCUT2D eigenvalue weighted by Crippen LogP contribution is 2.40. The summed E-state index contributed by atoms with van der Waals surface area (Å²) in [5.41, 5.74) is 2.38. The summed E-state index contributed by atoms with van der Waals surface area (Å²) >= 11 is 0. The molecule has 1 amide bonds. The van der Waals surface area contributed by atoms with Gasteiger partial charge in [-0.3, -0.25) is 4.79 Å². The average Bonchev–Trinajstić information content (AvgIpc) is 2.53. The Kier molecular flexibility index (Phi) is 6.56. The minimum atomic E-state index is -0.314. The standard InChI is InChI=1S/C21H32N2O.ClH/c1-20(2,3)17-7-9-18(10-8-17)21(11-5-4-6-12-21)19(24)23-15-16-13-22-14-16;/h7-10,16,22H,4-6,11-15H2,1-3H3,(H,23,24);1H. The van der Waals surface area contributed by atoms with E-state index in [-0.39, 0.29) is 29.1 Å². The second kappa shape index (κ2) is 8.09. The van der Waals surface area contributed by atoms with Gasteiger partial charge < -0.3 is 10.6 Å². The van der Waals surface area contributed by atoms with Crippen molar-refractivity contribution >= 4 is 18.3 Å². The number of amides is 1. The lowest BCUT2D eigenvalue weighted by Crippen LogP contribution is -2.52. The molecule has 3 rings (SSSR count). The topological polar surface area (TPSA) is 41.1 Å². The minimum Gasteiger partial charge on any atom is -0.355 e. The molecule has 0 radical (unpaired) electrons. The molecule has 25 heavy (non-hydrogen) atoms. The highest BCUT2D eigenvalue weighted by atomic mass is 35.5. The Hall–Kier alpha value is -1.06. The first-order chi connectivity index (χ1) is 11.4. The molecule has 1 heterocycles. The summed E-state index contributed by atoms with van der Waals surface area (Å²) < 4.78 is 0. The van der Waals surface area contributed by atoms with Crippen LogP contribution in [0, 0.1) is 5.92 Å². The van der Waals surface area contributed by atoms with Gasteiger partial charge in [-0.05, 0) is 29.4 Å². The van der Waals surface area contributed by atoms with Crippen molar-refractivity contribution < 1.29 is 4.79 Å². The fourth-order valence-corrected chi connectivity index (χ4v) is 3.99. The molecule has 0 aromatic heterocycles. The predicted molar refractivity (Wildman–Crippen MR) is 107 cm³/mol. The molecule has 1 saturated carbocycles. The number of nitrogens with one attached hydrogen (secondary N) is 2. The van der Waals surface area contributed by atoms with Crippen molar-refractivity contribution in [1.29, 1.82) is 0 Å². The van der Waals surface area contributed by atoms with Crippen LogP contribution in [-0.4, -0.2) is 25.5 Å². The Balaban J connectivity index is 0.00000225. The highest BCUT2D eigenvalue weighted by Gasteiger charge is 2.41. The summed E-state index contributed by atoms with van der Waals surface area (Å²) in [4.78, 5) is 13.1. The van der Waals surface area contributed by atoms with Crippen molar-refractivity contribution in [1.82, 2.24) is 10.6 Å². The van der Waals surface area contributed by atoms with Crippen molar-refractivity contribution in [3.63, 3.8) is 0 Å². The van der Waals surface area contributed by atoms with Gasteiger partial charge in [0.05, 0.1) is 5.41 Å². The molecule has 0 spiro atoms. The number of halogens is 1. The van der Waals surface area contributed by atoms with Gasteiger partial charge in [-0.15, -0.1) is 12.4 Å². The van der Waals surface area contributed by atoms with Crippen LogP contribution in [-0.2, 0) is 15.6 Å². The highest BCUT2D eigenvalue weighted by molar-refractivity contribution is 5.88. The van der Waals surface area contributed by atoms with Crippen LogP contribution in [0.3, 0.4) is 0 Å². The maximum Gasteiger partial charge on any atom is 0.230 e. The first-order valence-electron chi connectivity index (χ1n) is 9.52. The summed E-state index contributed by atoms with van der Waals surface area (Å²) in [5, 5.41) is 6.53. The Morgan fingerprint density at radius 1 is 1.12 bits per heavy atom. The zero-order valence-electron chi connectivity index (χ0n) is 15.9. The molecule has 2 fully saturated rings. The van der Waals surface area contributed by atoms with Crippen LogP contribution in [0.2, 0.25) is 0 Å². The molecule has 1 aliphatic heterocycles. The Morgan fingerprint density at radius 2 is 1.72 bits per heavy atom. The van der Waals surface area contributed by atoms with Crippen molar-refractivity contribution in [2.75, 3.05) is 19.6 Å². The number of benzene rings is 1. The fraction of sp³-hybridized carbons (Fsp3) is 0.667. The van der Waals surface area contributed by atoms with E-state index in [1.54, 1.807) is 0 Å². The third-order valence-corrected chi connectivity index (χ3v) is 5.86. The number of carbonyl (C=O) groups excluding carboxylic acids is 1. The van der Waals surface area contributed by atoms with Gasteiger partial charge in [0.2, 0.25) is 5.91 Å². The maximum absolute atomic E-state index is 13.1. The van der Waals surface area contributed by atoms with E-state index in [9.17, 15) is 4.79 Å². The molecule has 1 saturated heterocycles. The second-order valence-corrected chi connectivity index (χ2v) is 8.70. The molecule has 1 aromatic rings. The van der Waals surface area contributed by atoms with Crippen LogP contribution in [0.5, 0.6) is 0 Å². The van der Waals surface area contributed by atoms with Gasteiger partial charge in [0.1, 0.15) is 0 Å². The Bertz CT molecular complexity index is 567. The molecule has 3 nitrogen and oxygen atoms in total. The molecule has 2 aliphatic rings. The number of carbonyl (C=O) groups is 1. The van der Waals surface area contributed by atoms with Crippen molar-refractivity contribution in [3.05, 3.63) is 35.4 Å². The molecule has 0 unspecified atom stereocenters. The third-order valence-electron chi connectivity index (χ3n) is 5.86. The van der Waals surface area contributed by atoms with Crippen LogP contribution >= 0.6 is 12.4 Å². The van der Waals surface area contributed by atoms with Crippen LogP contribution in [0.4, 0.5) is 0 Å². The SMILES string of the molecule is CC(C)(C)c1ccc(C2(C(=O)NCC3CNC3)CCCCC2)cc1.Cl. The van der Waals surface area contributed by atoms with E-state index in [1.807, 2.05) is 0 Å². The fourth-order valence-electron chi connectivity index (χ4n) is 3.99. The van der Waals surface area contributed by atoms with E-state index in [1.165, 1.54) is 17.5 Å². The first-order valence-corrected chi connectivity index (χ1v) is 9.52. The number of hydrogen-bond acceptors (Lipinski definition) is 2. The number of hydrogen-bond donors (Lipinski definition) is 2. The smallest absolute Gasteiger partial charge is 0.230 e. The van der Waals surface area contributed by atoms with Gasteiger partial charge in [-0.2, -0.15) is 0 Å². The normalized spacial score (nSPS) is 20.3. The van der Waals surface area contributed by atoms with Crippen LogP contribution in [0.15, 0.2) is 24.3 Å². The molecule has 1 aromatic carbocycles. The maximum atomic E-state index is 13.1. The third kappa shape index (κ3) is 4.38. The van der Waals surface area contributed by atoms with E-state index in [2.05, 4.69) is 55.7 Å². The monoisotopic (exact) mass is 364 g/mol. The lowest BCUT2D eigenvalue weighted by atomic mass is 9.68. The number of rotatable bonds is 4. The van der Waals surface area contributed by atoms with Crippen molar-refractivity contribution in [3.8, 4) is 0 Å². The van der Waals surface area contributed by atoms with Crippen LogP contribution < -0.4 is 10.6 Å². The van der Waals surface area contributed by atoms with Crippen LogP contribution in [0.1, 0.15) is 64.0 Å². The molecule has 1 aliphatic carbocycles.